The third-order valence-electron chi connectivity index (χ3n) is 2.34. The molecule has 6 nitrogen and oxygen atoms in total. The normalized spacial score (nSPS) is 10.3. The SMILES string of the molecule is COCc1nnc(NC(=O)COc2cccc(C)c2)s1. The van der Waals surface area contributed by atoms with Crippen molar-refractivity contribution in [3.05, 3.63) is 34.8 Å². The molecule has 0 fully saturated rings. The zero-order valence-electron chi connectivity index (χ0n) is 11.3. The number of anilines is 1. The van der Waals surface area contributed by atoms with Gasteiger partial charge < -0.3 is 9.47 Å². The van der Waals surface area contributed by atoms with Crippen LogP contribution in [0.1, 0.15) is 10.6 Å². The van der Waals surface area contributed by atoms with Crippen molar-refractivity contribution in [2.45, 2.75) is 13.5 Å². The highest BCUT2D eigenvalue weighted by Crippen LogP contribution is 2.16. The number of rotatable bonds is 6. The lowest BCUT2D eigenvalue weighted by Crippen LogP contribution is -2.20. The summed E-state index contributed by atoms with van der Waals surface area (Å²) in [6.07, 6.45) is 0. The van der Waals surface area contributed by atoms with E-state index >= 15 is 0 Å². The topological polar surface area (TPSA) is 73.3 Å². The van der Waals surface area contributed by atoms with E-state index in [9.17, 15) is 4.79 Å². The van der Waals surface area contributed by atoms with Crippen molar-refractivity contribution in [3.63, 3.8) is 0 Å². The second-order valence-electron chi connectivity index (χ2n) is 4.09. The lowest BCUT2D eigenvalue weighted by Gasteiger charge is -2.05. The summed E-state index contributed by atoms with van der Waals surface area (Å²) in [5.41, 5.74) is 1.08. The van der Waals surface area contributed by atoms with Gasteiger partial charge in [0.15, 0.2) is 6.61 Å². The lowest BCUT2D eigenvalue weighted by molar-refractivity contribution is -0.118. The number of aromatic nitrogens is 2. The van der Waals surface area contributed by atoms with Gasteiger partial charge in [-0.2, -0.15) is 0 Å². The molecule has 0 aliphatic rings. The summed E-state index contributed by atoms with van der Waals surface area (Å²) in [5.74, 6) is 0.393. The van der Waals surface area contributed by atoms with Crippen molar-refractivity contribution in [2.75, 3.05) is 19.0 Å². The van der Waals surface area contributed by atoms with E-state index in [2.05, 4.69) is 15.5 Å². The first-order chi connectivity index (χ1) is 9.67. The number of amides is 1. The quantitative estimate of drug-likeness (QED) is 0.882. The molecule has 2 aromatic rings. The lowest BCUT2D eigenvalue weighted by atomic mass is 10.2. The molecule has 0 unspecified atom stereocenters. The number of nitrogens with one attached hydrogen (secondary N) is 1. The van der Waals surface area contributed by atoms with Gasteiger partial charge >= 0.3 is 0 Å². The molecule has 0 saturated carbocycles. The predicted molar refractivity (Wildman–Crippen MR) is 75.9 cm³/mol. The maximum atomic E-state index is 11.7. The summed E-state index contributed by atoms with van der Waals surface area (Å²) in [7, 11) is 1.58. The molecule has 0 radical (unpaired) electrons. The highest BCUT2D eigenvalue weighted by Gasteiger charge is 2.08. The number of methoxy groups -OCH3 is 1. The Morgan fingerprint density at radius 2 is 2.25 bits per heavy atom. The zero-order chi connectivity index (χ0) is 14.4. The average Bonchev–Trinajstić information content (AvgIpc) is 2.84. The smallest absolute Gasteiger partial charge is 0.264 e. The second-order valence-corrected chi connectivity index (χ2v) is 5.15. The molecule has 0 aliphatic carbocycles. The van der Waals surface area contributed by atoms with Crippen molar-refractivity contribution in [1.82, 2.24) is 10.2 Å². The number of carbonyl (C=O) groups is 1. The Balaban J connectivity index is 1.82. The van der Waals surface area contributed by atoms with Crippen molar-refractivity contribution < 1.29 is 14.3 Å². The fraction of sp³-hybridized carbons (Fsp3) is 0.308. The Hall–Kier alpha value is -1.99. The average molecular weight is 293 g/mol. The van der Waals surface area contributed by atoms with Crippen LogP contribution in [-0.2, 0) is 16.1 Å². The van der Waals surface area contributed by atoms with Crippen molar-refractivity contribution in [1.29, 1.82) is 0 Å². The second kappa shape index (κ2) is 6.97. The van der Waals surface area contributed by atoms with E-state index in [1.165, 1.54) is 11.3 Å². The van der Waals surface area contributed by atoms with Crippen molar-refractivity contribution in [3.8, 4) is 5.75 Å². The van der Waals surface area contributed by atoms with E-state index in [0.717, 1.165) is 5.56 Å². The molecule has 0 bridgehead atoms. The van der Waals surface area contributed by atoms with Crippen molar-refractivity contribution >= 4 is 22.4 Å². The highest BCUT2D eigenvalue weighted by atomic mass is 32.1. The van der Waals surface area contributed by atoms with Gasteiger partial charge in [0.05, 0.1) is 0 Å². The molecule has 0 aliphatic heterocycles. The van der Waals surface area contributed by atoms with Crippen LogP contribution in [0.4, 0.5) is 5.13 Å². The van der Waals surface area contributed by atoms with E-state index in [1.54, 1.807) is 7.11 Å². The minimum atomic E-state index is -0.272. The molecule has 106 valence electrons. The molecule has 0 atom stereocenters. The molecule has 20 heavy (non-hydrogen) atoms. The summed E-state index contributed by atoms with van der Waals surface area (Å²) in [6.45, 7) is 2.28. The van der Waals surface area contributed by atoms with Crippen LogP contribution in [-0.4, -0.2) is 29.8 Å². The Bertz CT molecular complexity index is 586. The molecular weight excluding hydrogens is 278 g/mol. The molecule has 1 amide bonds. The van der Waals surface area contributed by atoms with Gasteiger partial charge in [0.2, 0.25) is 5.13 Å². The standard InChI is InChI=1S/C13H15N3O3S/c1-9-4-3-5-10(6-9)19-7-11(17)14-13-16-15-12(20-13)8-18-2/h3-6H,7-8H2,1-2H3,(H,14,16,17). The van der Waals surface area contributed by atoms with Gasteiger partial charge in [-0.05, 0) is 24.6 Å². The molecular formula is C13H15N3O3S. The zero-order valence-corrected chi connectivity index (χ0v) is 12.1. The predicted octanol–water partition coefficient (Wildman–Crippen LogP) is 2.01. The highest BCUT2D eigenvalue weighted by molar-refractivity contribution is 7.15. The largest absolute Gasteiger partial charge is 0.484 e. The molecule has 1 aromatic heterocycles. The Morgan fingerprint density at radius 1 is 1.40 bits per heavy atom. The van der Waals surface area contributed by atoms with E-state index in [1.807, 2.05) is 31.2 Å². The first-order valence-electron chi connectivity index (χ1n) is 5.98. The van der Waals surface area contributed by atoms with Gasteiger partial charge in [-0.1, -0.05) is 23.5 Å². The van der Waals surface area contributed by atoms with Gasteiger partial charge in [0.1, 0.15) is 17.4 Å². The number of aryl methyl sites for hydroxylation is 1. The molecule has 0 spiro atoms. The van der Waals surface area contributed by atoms with Gasteiger partial charge in [0.25, 0.3) is 5.91 Å². The first kappa shape index (κ1) is 14.4. The number of ether oxygens (including phenoxy) is 2. The monoisotopic (exact) mass is 293 g/mol. The van der Waals surface area contributed by atoms with Crippen LogP contribution in [0.25, 0.3) is 0 Å². The van der Waals surface area contributed by atoms with Crippen LogP contribution < -0.4 is 10.1 Å². The molecule has 1 N–H and O–H groups in total. The number of benzene rings is 1. The number of hydrogen-bond acceptors (Lipinski definition) is 6. The maximum absolute atomic E-state index is 11.7. The Kier molecular flexibility index (Phi) is 5.03. The van der Waals surface area contributed by atoms with Crippen LogP contribution in [0.3, 0.4) is 0 Å². The number of nitrogens with zero attached hydrogens (tertiary/aromatic N) is 2. The minimum Gasteiger partial charge on any atom is -0.484 e. The van der Waals surface area contributed by atoms with E-state index in [4.69, 9.17) is 9.47 Å². The van der Waals surface area contributed by atoms with Crippen LogP contribution in [0.15, 0.2) is 24.3 Å². The fourth-order valence-electron chi connectivity index (χ4n) is 1.50. The number of carbonyl (C=O) groups excluding carboxylic acids is 1. The first-order valence-corrected chi connectivity index (χ1v) is 6.79. The van der Waals surface area contributed by atoms with Crippen LogP contribution in [0.2, 0.25) is 0 Å². The van der Waals surface area contributed by atoms with Gasteiger partial charge in [-0.25, -0.2) is 0 Å². The molecule has 1 heterocycles. The van der Waals surface area contributed by atoms with Gasteiger partial charge in [0, 0.05) is 7.11 Å². The van der Waals surface area contributed by atoms with E-state index in [-0.39, 0.29) is 12.5 Å². The van der Waals surface area contributed by atoms with Gasteiger partial charge in [-0.15, -0.1) is 10.2 Å². The number of hydrogen-bond donors (Lipinski definition) is 1. The Morgan fingerprint density at radius 3 is 3.00 bits per heavy atom. The Labute approximate surface area is 120 Å². The van der Waals surface area contributed by atoms with Crippen LogP contribution in [0.5, 0.6) is 5.75 Å². The molecule has 0 saturated heterocycles. The molecule has 7 heteroatoms. The van der Waals surface area contributed by atoms with Crippen LogP contribution in [0, 0.1) is 6.92 Å². The van der Waals surface area contributed by atoms with Gasteiger partial charge in [-0.3, -0.25) is 10.1 Å². The molecule has 2 rings (SSSR count). The maximum Gasteiger partial charge on any atom is 0.264 e. The summed E-state index contributed by atoms with van der Waals surface area (Å²) in [5, 5.41) is 11.5. The third kappa shape index (κ3) is 4.29. The fourth-order valence-corrected chi connectivity index (χ4v) is 2.22. The summed E-state index contributed by atoms with van der Waals surface area (Å²) in [4.78, 5) is 11.7. The van der Waals surface area contributed by atoms with Crippen molar-refractivity contribution in [2.24, 2.45) is 0 Å². The summed E-state index contributed by atoms with van der Waals surface area (Å²) >= 11 is 1.28. The van der Waals surface area contributed by atoms with E-state index in [0.29, 0.717) is 22.5 Å². The summed E-state index contributed by atoms with van der Waals surface area (Å²) < 4.78 is 10.3. The third-order valence-corrected chi connectivity index (χ3v) is 3.15. The minimum absolute atomic E-state index is 0.0668. The molecule has 1 aromatic carbocycles. The summed E-state index contributed by atoms with van der Waals surface area (Å²) in [6, 6.07) is 7.52. The van der Waals surface area contributed by atoms with E-state index < -0.39 is 0 Å². The van der Waals surface area contributed by atoms with Crippen LogP contribution >= 0.6 is 11.3 Å².